The number of esters is 2. The van der Waals surface area contributed by atoms with Gasteiger partial charge >= 0.3 is 11.9 Å². The maximum Gasteiger partial charge on any atom is 0.344 e. The summed E-state index contributed by atoms with van der Waals surface area (Å²) < 4.78 is 23.9. The van der Waals surface area contributed by atoms with E-state index in [4.69, 9.17) is 9.47 Å². The molecular weight excluding hydrogens is 311 g/mol. The van der Waals surface area contributed by atoms with Crippen LogP contribution >= 0.6 is 0 Å². The van der Waals surface area contributed by atoms with Crippen LogP contribution in [0.3, 0.4) is 0 Å². The molecule has 1 aliphatic carbocycles. The van der Waals surface area contributed by atoms with Crippen LogP contribution in [0.25, 0.3) is 0 Å². The molecule has 4 nitrogen and oxygen atoms in total. The first kappa shape index (κ1) is 18.4. The largest absolute Gasteiger partial charge is 0.460 e. The molecule has 3 unspecified atom stereocenters. The molecule has 0 heterocycles. The molecule has 0 aromatic heterocycles. The third kappa shape index (κ3) is 4.79. The molecule has 132 valence electrons. The van der Waals surface area contributed by atoms with Gasteiger partial charge < -0.3 is 9.47 Å². The molecule has 24 heavy (non-hydrogen) atoms. The van der Waals surface area contributed by atoms with Crippen molar-refractivity contribution in [1.82, 2.24) is 0 Å². The number of hydrogen-bond acceptors (Lipinski definition) is 4. The van der Waals surface area contributed by atoms with E-state index in [9.17, 15) is 14.0 Å². The first-order valence-corrected chi connectivity index (χ1v) is 8.49. The Bertz CT molecular complexity index is 584. The van der Waals surface area contributed by atoms with Crippen LogP contribution in [-0.4, -0.2) is 24.6 Å². The first-order valence-electron chi connectivity index (χ1n) is 8.49. The fourth-order valence-electron chi connectivity index (χ4n) is 3.28. The van der Waals surface area contributed by atoms with Gasteiger partial charge in [0.25, 0.3) is 0 Å². The molecule has 0 aliphatic heterocycles. The van der Waals surface area contributed by atoms with Crippen LogP contribution in [0.2, 0.25) is 0 Å². The summed E-state index contributed by atoms with van der Waals surface area (Å²) in [5.41, 5.74) is -0.184. The number of carbonyl (C=O) groups is 2. The van der Waals surface area contributed by atoms with Crippen molar-refractivity contribution in [3.63, 3.8) is 0 Å². The molecule has 0 spiro atoms. The third-order valence-corrected chi connectivity index (χ3v) is 4.66. The Morgan fingerprint density at radius 1 is 1.25 bits per heavy atom. The van der Waals surface area contributed by atoms with Crippen molar-refractivity contribution < 1.29 is 23.5 Å². The summed E-state index contributed by atoms with van der Waals surface area (Å²) in [6.07, 6.45) is 2.86. The van der Waals surface area contributed by atoms with Crippen LogP contribution in [0.15, 0.2) is 24.3 Å². The average Bonchev–Trinajstić information content (AvgIpc) is 2.53. The summed E-state index contributed by atoms with van der Waals surface area (Å²) >= 11 is 0. The highest BCUT2D eigenvalue weighted by Crippen LogP contribution is 2.35. The van der Waals surface area contributed by atoms with Gasteiger partial charge in [0.15, 0.2) is 6.61 Å². The van der Waals surface area contributed by atoms with Gasteiger partial charge in [0.2, 0.25) is 0 Å². The van der Waals surface area contributed by atoms with E-state index in [0.29, 0.717) is 17.8 Å². The van der Waals surface area contributed by atoms with Gasteiger partial charge in [-0.05, 0) is 42.7 Å². The van der Waals surface area contributed by atoms with Crippen molar-refractivity contribution in [3.8, 4) is 0 Å². The summed E-state index contributed by atoms with van der Waals surface area (Å²) in [4.78, 5) is 23.8. The van der Waals surface area contributed by atoms with Crippen LogP contribution in [-0.2, 0) is 14.3 Å². The lowest BCUT2D eigenvalue weighted by Gasteiger charge is -2.36. The second-order valence-corrected chi connectivity index (χ2v) is 6.91. The van der Waals surface area contributed by atoms with Crippen molar-refractivity contribution in [1.29, 1.82) is 0 Å². The Hall–Kier alpha value is -1.91. The molecule has 0 saturated heterocycles. The van der Waals surface area contributed by atoms with Crippen molar-refractivity contribution in [2.24, 2.45) is 17.8 Å². The zero-order valence-corrected chi connectivity index (χ0v) is 14.5. The molecule has 1 saturated carbocycles. The summed E-state index contributed by atoms with van der Waals surface area (Å²) in [5, 5.41) is 0. The minimum atomic E-state index is -0.859. The number of ether oxygens (including phenoxy) is 2. The third-order valence-electron chi connectivity index (χ3n) is 4.66. The molecule has 0 amide bonds. The quantitative estimate of drug-likeness (QED) is 0.763. The molecule has 0 N–H and O–H groups in total. The zero-order chi connectivity index (χ0) is 17.7. The SMILES string of the molecule is CC1CCC(C(C)C)C(OC(=O)COC(=O)c2ccccc2F)C1. The van der Waals surface area contributed by atoms with Gasteiger partial charge in [0.1, 0.15) is 11.9 Å². The van der Waals surface area contributed by atoms with E-state index in [1.807, 2.05) is 0 Å². The Balaban J connectivity index is 1.88. The monoisotopic (exact) mass is 336 g/mol. The Labute approximate surface area is 142 Å². The van der Waals surface area contributed by atoms with Crippen LogP contribution in [0.5, 0.6) is 0 Å². The molecule has 1 aliphatic rings. The Morgan fingerprint density at radius 2 is 1.96 bits per heavy atom. The van der Waals surface area contributed by atoms with E-state index in [-0.39, 0.29) is 11.7 Å². The van der Waals surface area contributed by atoms with Gasteiger partial charge in [-0.25, -0.2) is 14.0 Å². The van der Waals surface area contributed by atoms with E-state index < -0.39 is 24.4 Å². The van der Waals surface area contributed by atoms with E-state index in [1.165, 1.54) is 24.3 Å². The zero-order valence-electron chi connectivity index (χ0n) is 14.5. The summed E-state index contributed by atoms with van der Waals surface area (Å²) in [6, 6.07) is 5.51. The minimum absolute atomic E-state index is 0.145. The van der Waals surface area contributed by atoms with Gasteiger partial charge in [-0.1, -0.05) is 39.3 Å². The molecule has 1 fully saturated rings. The predicted octanol–water partition coefficient (Wildman–Crippen LogP) is 3.99. The summed E-state index contributed by atoms with van der Waals surface area (Å²) in [6.45, 7) is 5.90. The van der Waals surface area contributed by atoms with Crippen LogP contribution in [0.1, 0.15) is 50.4 Å². The number of benzene rings is 1. The number of hydrogen-bond donors (Lipinski definition) is 0. The van der Waals surface area contributed by atoms with Crippen LogP contribution in [0.4, 0.5) is 4.39 Å². The van der Waals surface area contributed by atoms with Gasteiger partial charge in [-0.2, -0.15) is 0 Å². The van der Waals surface area contributed by atoms with E-state index >= 15 is 0 Å². The van der Waals surface area contributed by atoms with Gasteiger partial charge in [0.05, 0.1) is 5.56 Å². The van der Waals surface area contributed by atoms with Crippen molar-refractivity contribution in [2.45, 2.75) is 46.1 Å². The molecule has 3 atom stereocenters. The van der Waals surface area contributed by atoms with Gasteiger partial charge in [-0.15, -0.1) is 0 Å². The lowest BCUT2D eigenvalue weighted by Crippen LogP contribution is -2.36. The van der Waals surface area contributed by atoms with Crippen LogP contribution in [0, 0.1) is 23.6 Å². The lowest BCUT2D eigenvalue weighted by atomic mass is 9.75. The molecule has 2 rings (SSSR count). The van der Waals surface area contributed by atoms with Crippen LogP contribution < -0.4 is 0 Å². The molecule has 5 heteroatoms. The maximum atomic E-state index is 13.5. The summed E-state index contributed by atoms with van der Waals surface area (Å²) in [7, 11) is 0. The highest BCUT2D eigenvalue weighted by molar-refractivity contribution is 5.91. The molecule has 1 aromatic carbocycles. The molecule has 1 aromatic rings. The number of carbonyl (C=O) groups excluding carboxylic acids is 2. The maximum absolute atomic E-state index is 13.5. The minimum Gasteiger partial charge on any atom is -0.460 e. The van der Waals surface area contributed by atoms with Crippen molar-refractivity contribution in [2.75, 3.05) is 6.61 Å². The Morgan fingerprint density at radius 3 is 2.62 bits per heavy atom. The highest BCUT2D eigenvalue weighted by atomic mass is 19.1. The lowest BCUT2D eigenvalue weighted by molar-refractivity contribution is -0.159. The van der Waals surface area contributed by atoms with E-state index in [2.05, 4.69) is 20.8 Å². The second kappa shape index (κ2) is 8.27. The standard InChI is InChI=1S/C19H25FO4/c1-12(2)14-9-8-13(3)10-17(14)24-18(21)11-23-19(22)15-6-4-5-7-16(15)20/h4-7,12-14,17H,8-11H2,1-3H3. The average molecular weight is 336 g/mol. The Kier molecular flexibility index (Phi) is 6.35. The second-order valence-electron chi connectivity index (χ2n) is 6.91. The predicted molar refractivity (Wildman–Crippen MR) is 87.9 cm³/mol. The van der Waals surface area contributed by atoms with Crippen molar-refractivity contribution in [3.05, 3.63) is 35.6 Å². The number of rotatable bonds is 5. The smallest absolute Gasteiger partial charge is 0.344 e. The van der Waals surface area contributed by atoms with Crippen molar-refractivity contribution >= 4 is 11.9 Å². The summed E-state index contributed by atoms with van der Waals surface area (Å²) in [5.74, 6) is -0.841. The fourth-order valence-corrected chi connectivity index (χ4v) is 3.28. The fraction of sp³-hybridized carbons (Fsp3) is 0.579. The topological polar surface area (TPSA) is 52.6 Å². The van der Waals surface area contributed by atoms with E-state index in [0.717, 1.165) is 19.3 Å². The normalized spacial score (nSPS) is 23.8. The van der Waals surface area contributed by atoms with E-state index in [1.54, 1.807) is 0 Å². The first-order chi connectivity index (χ1) is 11.4. The van der Waals surface area contributed by atoms with Gasteiger partial charge in [-0.3, -0.25) is 0 Å². The van der Waals surface area contributed by atoms with Gasteiger partial charge in [0, 0.05) is 0 Å². The molecule has 0 bridgehead atoms. The molecule has 0 radical (unpaired) electrons. The molecular formula is C19H25FO4. The highest BCUT2D eigenvalue weighted by Gasteiger charge is 2.33. The number of halogens is 1.